The van der Waals surface area contributed by atoms with E-state index in [4.69, 9.17) is 0 Å². The molecule has 0 radical (unpaired) electrons. The number of sulfonamides is 1. The first-order chi connectivity index (χ1) is 7.56. The molecule has 0 aromatic carbocycles. The molecule has 4 nitrogen and oxygen atoms in total. The lowest BCUT2D eigenvalue weighted by Crippen LogP contribution is -2.32. The van der Waals surface area contributed by atoms with Crippen LogP contribution in [0.3, 0.4) is 0 Å². The van der Waals surface area contributed by atoms with Crippen LogP contribution in [0.2, 0.25) is 0 Å². The predicted octanol–water partition coefficient (Wildman–Crippen LogP) is 1.05. The molecule has 1 unspecified atom stereocenters. The smallest absolute Gasteiger partial charge is 0.214 e. The normalized spacial score (nSPS) is 22.8. The van der Waals surface area contributed by atoms with Gasteiger partial charge in [0.15, 0.2) is 0 Å². The van der Waals surface area contributed by atoms with Gasteiger partial charge in [0.25, 0.3) is 0 Å². The molecular formula is C11H24N2O2S. The fourth-order valence-electron chi connectivity index (χ4n) is 1.96. The molecule has 0 aliphatic carbocycles. The Morgan fingerprint density at radius 1 is 1.38 bits per heavy atom. The maximum absolute atomic E-state index is 11.9. The Hall–Kier alpha value is -0.130. The summed E-state index contributed by atoms with van der Waals surface area (Å²) < 4.78 is 25.5. The van der Waals surface area contributed by atoms with Crippen molar-refractivity contribution in [2.75, 3.05) is 31.9 Å². The van der Waals surface area contributed by atoms with Crippen molar-refractivity contribution in [3.05, 3.63) is 0 Å². The molecule has 16 heavy (non-hydrogen) atoms. The minimum Gasteiger partial charge on any atom is -0.317 e. The molecule has 1 rings (SSSR count). The van der Waals surface area contributed by atoms with E-state index >= 15 is 0 Å². The van der Waals surface area contributed by atoms with Crippen molar-refractivity contribution in [2.45, 2.75) is 33.1 Å². The number of hydrogen-bond acceptors (Lipinski definition) is 3. The summed E-state index contributed by atoms with van der Waals surface area (Å²) in [5.41, 5.74) is 0. The average Bonchev–Trinajstić information content (AvgIpc) is 2.65. The Morgan fingerprint density at radius 3 is 2.69 bits per heavy atom. The Bertz CT molecular complexity index is 290. The van der Waals surface area contributed by atoms with Gasteiger partial charge in [-0.25, -0.2) is 12.7 Å². The zero-order valence-electron chi connectivity index (χ0n) is 10.4. The molecule has 1 N–H and O–H groups in total. The van der Waals surface area contributed by atoms with E-state index < -0.39 is 10.0 Å². The molecule has 1 saturated heterocycles. The second kappa shape index (κ2) is 6.57. The maximum Gasteiger partial charge on any atom is 0.214 e. The second-order valence-corrected chi connectivity index (χ2v) is 6.76. The first-order valence-electron chi connectivity index (χ1n) is 6.25. The number of rotatable bonds is 7. The lowest BCUT2D eigenvalue weighted by Gasteiger charge is -2.15. The minimum atomic E-state index is -2.99. The lowest BCUT2D eigenvalue weighted by molar-refractivity contribution is 0.462. The van der Waals surface area contributed by atoms with E-state index in [9.17, 15) is 8.42 Å². The Kier molecular flexibility index (Phi) is 5.72. The van der Waals surface area contributed by atoms with Crippen LogP contribution in [-0.2, 0) is 10.0 Å². The summed E-state index contributed by atoms with van der Waals surface area (Å²) in [5.74, 6) is 0.809. The predicted molar refractivity (Wildman–Crippen MR) is 66.9 cm³/mol. The van der Waals surface area contributed by atoms with E-state index in [0.29, 0.717) is 25.4 Å². The molecule has 1 aliphatic heterocycles. The third kappa shape index (κ3) is 4.39. The zero-order valence-corrected chi connectivity index (χ0v) is 11.2. The van der Waals surface area contributed by atoms with Gasteiger partial charge in [-0.15, -0.1) is 0 Å². The van der Waals surface area contributed by atoms with Crippen molar-refractivity contribution in [3.8, 4) is 0 Å². The lowest BCUT2D eigenvalue weighted by atomic mass is 10.2. The fourth-order valence-corrected chi connectivity index (χ4v) is 3.59. The molecule has 1 heterocycles. The van der Waals surface area contributed by atoms with Crippen LogP contribution in [-0.4, -0.2) is 44.7 Å². The Morgan fingerprint density at radius 2 is 2.12 bits per heavy atom. The Labute approximate surface area is 99.5 Å². The molecule has 96 valence electrons. The highest BCUT2D eigenvalue weighted by molar-refractivity contribution is 7.89. The number of hydrogen-bond donors (Lipinski definition) is 1. The first kappa shape index (κ1) is 13.9. The molecule has 1 fully saturated rings. The zero-order chi connectivity index (χ0) is 12.0. The standard InChI is InChI=1S/C11H24N2O2S/c1-3-6-12-7-4-9-16(14,15)13-8-5-11(2)10-13/h11-12H,3-10H2,1-2H3. The fraction of sp³-hybridized carbons (Fsp3) is 1.00. The van der Waals surface area contributed by atoms with Gasteiger partial charge in [-0.2, -0.15) is 0 Å². The van der Waals surface area contributed by atoms with Crippen molar-refractivity contribution in [1.29, 1.82) is 0 Å². The van der Waals surface area contributed by atoms with Gasteiger partial charge in [0.05, 0.1) is 5.75 Å². The molecule has 0 saturated carbocycles. The molecule has 0 amide bonds. The van der Waals surface area contributed by atoms with Crippen LogP contribution in [0.25, 0.3) is 0 Å². The van der Waals surface area contributed by atoms with E-state index in [1.165, 1.54) is 0 Å². The van der Waals surface area contributed by atoms with E-state index in [0.717, 1.165) is 25.9 Å². The van der Waals surface area contributed by atoms with Crippen LogP contribution in [0.4, 0.5) is 0 Å². The minimum absolute atomic E-state index is 0.288. The van der Waals surface area contributed by atoms with Crippen LogP contribution in [0.1, 0.15) is 33.1 Å². The molecule has 0 aromatic rings. The molecule has 5 heteroatoms. The largest absolute Gasteiger partial charge is 0.317 e. The van der Waals surface area contributed by atoms with Gasteiger partial charge in [-0.05, 0) is 38.3 Å². The van der Waals surface area contributed by atoms with Crippen LogP contribution in [0.5, 0.6) is 0 Å². The Balaban J connectivity index is 2.24. The molecule has 0 aromatic heterocycles. The second-order valence-electron chi connectivity index (χ2n) is 4.67. The highest BCUT2D eigenvalue weighted by atomic mass is 32.2. The van der Waals surface area contributed by atoms with Gasteiger partial charge in [-0.3, -0.25) is 0 Å². The van der Waals surface area contributed by atoms with Crippen molar-refractivity contribution in [1.82, 2.24) is 9.62 Å². The average molecular weight is 248 g/mol. The van der Waals surface area contributed by atoms with Crippen molar-refractivity contribution >= 4 is 10.0 Å². The monoisotopic (exact) mass is 248 g/mol. The third-order valence-corrected chi connectivity index (χ3v) is 4.89. The van der Waals surface area contributed by atoms with Gasteiger partial charge in [0, 0.05) is 13.1 Å². The van der Waals surface area contributed by atoms with E-state index in [-0.39, 0.29) is 5.75 Å². The summed E-state index contributed by atoms with van der Waals surface area (Å²) >= 11 is 0. The third-order valence-electron chi connectivity index (χ3n) is 2.96. The van der Waals surface area contributed by atoms with Crippen LogP contribution >= 0.6 is 0 Å². The SMILES string of the molecule is CCCNCCCS(=O)(=O)N1CCC(C)C1. The van der Waals surface area contributed by atoms with Crippen molar-refractivity contribution in [2.24, 2.45) is 5.92 Å². The van der Waals surface area contributed by atoms with Crippen LogP contribution in [0, 0.1) is 5.92 Å². The van der Waals surface area contributed by atoms with Crippen molar-refractivity contribution in [3.63, 3.8) is 0 Å². The topological polar surface area (TPSA) is 49.4 Å². The maximum atomic E-state index is 11.9. The summed E-state index contributed by atoms with van der Waals surface area (Å²) in [7, 11) is -2.99. The van der Waals surface area contributed by atoms with E-state index in [1.54, 1.807) is 4.31 Å². The van der Waals surface area contributed by atoms with Crippen LogP contribution in [0.15, 0.2) is 0 Å². The summed E-state index contributed by atoms with van der Waals surface area (Å²) in [6.45, 7) is 7.42. The van der Waals surface area contributed by atoms with Gasteiger partial charge < -0.3 is 5.32 Å². The number of nitrogens with zero attached hydrogens (tertiary/aromatic N) is 1. The summed E-state index contributed by atoms with van der Waals surface area (Å²) in [6.07, 6.45) is 2.82. The van der Waals surface area contributed by atoms with Gasteiger partial charge >= 0.3 is 0 Å². The van der Waals surface area contributed by atoms with Gasteiger partial charge in [0.2, 0.25) is 10.0 Å². The number of nitrogens with one attached hydrogen (secondary N) is 1. The van der Waals surface area contributed by atoms with E-state index in [1.807, 2.05) is 0 Å². The summed E-state index contributed by atoms with van der Waals surface area (Å²) in [5, 5.41) is 3.22. The summed E-state index contributed by atoms with van der Waals surface area (Å²) in [6, 6.07) is 0. The first-order valence-corrected chi connectivity index (χ1v) is 7.85. The summed E-state index contributed by atoms with van der Waals surface area (Å²) in [4.78, 5) is 0. The molecule has 1 aliphatic rings. The molecule has 0 bridgehead atoms. The highest BCUT2D eigenvalue weighted by Crippen LogP contribution is 2.18. The molecule has 1 atom stereocenters. The van der Waals surface area contributed by atoms with Crippen LogP contribution < -0.4 is 5.32 Å². The highest BCUT2D eigenvalue weighted by Gasteiger charge is 2.28. The molecule has 0 spiro atoms. The van der Waals surface area contributed by atoms with Gasteiger partial charge in [-0.1, -0.05) is 13.8 Å². The molecular weight excluding hydrogens is 224 g/mol. The van der Waals surface area contributed by atoms with Gasteiger partial charge in [0.1, 0.15) is 0 Å². The quantitative estimate of drug-likeness (QED) is 0.685. The van der Waals surface area contributed by atoms with Crippen molar-refractivity contribution < 1.29 is 8.42 Å². The van der Waals surface area contributed by atoms with E-state index in [2.05, 4.69) is 19.2 Å².